The van der Waals surface area contributed by atoms with Crippen LogP contribution in [0.25, 0.3) is 0 Å². The van der Waals surface area contributed by atoms with Crippen LogP contribution in [0.2, 0.25) is 5.02 Å². The molecule has 0 amide bonds. The summed E-state index contributed by atoms with van der Waals surface area (Å²) in [7, 11) is 0. The van der Waals surface area contributed by atoms with E-state index in [4.69, 9.17) is 23.2 Å². The summed E-state index contributed by atoms with van der Waals surface area (Å²) in [5, 5.41) is 2.87. The number of hydrogen-bond acceptors (Lipinski definition) is 3. The first-order valence-electron chi connectivity index (χ1n) is 3.28. The van der Waals surface area contributed by atoms with E-state index in [1.807, 2.05) is 0 Å². The van der Waals surface area contributed by atoms with Crippen molar-refractivity contribution in [2.75, 3.05) is 17.7 Å². The van der Waals surface area contributed by atoms with Gasteiger partial charge >= 0.3 is 0 Å². The van der Waals surface area contributed by atoms with E-state index in [9.17, 15) is 4.79 Å². The van der Waals surface area contributed by atoms with Gasteiger partial charge < -0.3 is 10.3 Å². The van der Waals surface area contributed by atoms with E-state index in [1.54, 1.807) is 0 Å². The molecule has 0 radical (unpaired) electrons. The molecule has 0 aliphatic heterocycles. The molecule has 66 valence electrons. The summed E-state index contributed by atoms with van der Waals surface area (Å²) in [6.45, 7) is 0.526. The number of halogens is 2. The van der Waals surface area contributed by atoms with Crippen LogP contribution in [0.3, 0.4) is 0 Å². The molecular formula is C6H7Cl2N3O. The van der Waals surface area contributed by atoms with Crippen molar-refractivity contribution in [1.82, 2.24) is 9.97 Å². The number of nitrogens with zero attached hydrogens (tertiary/aromatic N) is 1. The maximum atomic E-state index is 10.9. The third-order valence-electron chi connectivity index (χ3n) is 1.18. The number of hydrogen-bond donors (Lipinski definition) is 2. The van der Waals surface area contributed by atoms with Crippen molar-refractivity contribution in [3.8, 4) is 0 Å². The lowest BCUT2D eigenvalue weighted by atomic mass is 10.5. The molecule has 1 rings (SSSR count). The Morgan fingerprint density at radius 3 is 3.08 bits per heavy atom. The van der Waals surface area contributed by atoms with E-state index < -0.39 is 0 Å². The van der Waals surface area contributed by atoms with Crippen LogP contribution < -0.4 is 10.9 Å². The first kappa shape index (κ1) is 9.35. The molecule has 4 nitrogen and oxygen atoms in total. The van der Waals surface area contributed by atoms with Gasteiger partial charge in [-0.1, -0.05) is 11.6 Å². The van der Waals surface area contributed by atoms with Crippen molar-refractivity contribution in [3.63, 3.8) is 0 Å². The summed E-state index contributed by atoms with van der Waals surface area (Å²) in [4.78, 5) is 17.1. The van der Waals surface area contributed by atoms with Crippen LogP contribution in [-0.2, 0) is 0 Å². The summed E-state index contributed by atoms with van der Waals surface area (Å²) in [6, 6.07) is 0. The van der Waals surface area contributed by atoms with Gasteiger partial charge in [0.2, 0.25) is 0 Å². The average Bonchev–Trinajstić information content (AvgIpc) is 2.08. The fraction of sp³-hybridized carbons (Fsp3) is 0.333. The Labute approximate surface area is 78.9 Å². The van der Waals surface area contributed by atoms with Gasteiger partial charge in [-0.25, -0.2) is 4.98 Å². The minimum Gasteiger partial charge on any atom is -0.367 e. The number of alkyl halides is 1. The maximum Gasteiger partial charge on any atom is 0.271 e. The summed E-state index contributed by atoms with van der Waals surface area (Å²) >= 11 is 11.0. The van der Waals surface area contributed by atoms with Gasteiger partial charge in [-0.15, -0.1) is 11.6 Å². The lowest BCUT2D eigenvalue weighted by molar-refractivity contribution is 1.08. The first-order valence-corrected chi connectivity index (χ1v) is 4.20. The van der Waals surface area contributed by atoms with Crippen LogP contribution in [0.5, 0.6) is 0 Å². The summed E-state index contributed by atoms with van der Waals surface area (Å²) in [6.07, 6.45) is 1.28. The smallest absolute Gasteiger partial charge is 0.271 e. The van der Waals surface area contributed by atoms with Crippen LogP contribution in [0.15, 0.2) is 11.1 Å². The fourth-order valence-corrected chi connectivity index (χ4v) is 0.937. The number of aromatic nitrogens is 2. The number of anilines is 1. The summed E-state index contributed by atoms with van der Waals surface area (Å²) < 4.78 is 0. The summed E-state index contributed by atoms with van der Waals surface area (Å²) in [5.41, 5.74) is -0.358. The van der Waals surface area contributed by atoms with Crippen LogP contribution in [0.4, 0.5) is 5.82 Å². The second kappa shape index (κ2) is 4.33. The van der Waals surface area contributed by atoms with Crippen molar-refractivity contribution in [2.45, 2.75) is 0 Å². The Kier molecular flexibility index (Phi) is 3.37. The molecule has 0 bridgehead atoms. The van der Waals surface area contributed by atoms with Gasteiger partial charge in [0.1, 0.15) is 5.02 Å². The quantitative estimate of drug-likeness (QED) is 0.730. The minimum atomic E-state index is -0.358. The maximum absolute atomic E-state index is 10.9. The van der Waals surface area contributed by atoms with Crippen molar-refractivity contribution in [1.29, 1.82) is 0 Å². The predicted octanol–water partition coefficient (Wildman–Crippen LogP) is 1.07. The zero-order chi connectivity index (χ0) is 8.97. The third kappa shape index (κ3) is 2.12. The van der Waals surface area contributed by atoms with Gasteiger partial charge in [0.05, 0.1) is 6.33 Å². The van der Waals surface area contributed by atoms with E-state index >= 15 is 0 Å². The molecule has 12 heavy (non-hydrogen) atoms. The third-order valence-corrected chi connectivity index (χ3v) is 1.72. The Bertz CT molecular complexity index is 312. The number of aromatic amines is 1. The fourth-order valence-electron chi connectivity index (χ4n) is 0.672. The molecule has 0 aliphatic rings. The van der Waals surface area contributed by atoms with Gasteiger partial charge in [0.25, 0.3) is 5.56 Å². The van der Waals surface area contributed by atoms with Crippen molar-refractivity contribution in [3.05, 3.63) is 21.7 Å². The lowest BCUT2D eigenvalue weighted by Gasteiger charge is -2.02. The van der Waals surface area contributed by atoms with Crippen molar-refractivity contribution >= 4 is 29.0 Å². The predicted molar refractivity (Wildman–Crippen MR) is 49.1 cm³/mol. The Morgan fingerprint density at radius 2 is 2.42 bits per heavy atom. The topological polar surface area (TPSA) is 57.8 Å². The standard InChI is InChI=1S/C6H7Cl2N3O/c7-1-2-9-5-4(8)6(12)11-3-10-5/h3H,1-2H2,(H2,9,10,11,12). The van der Waals surface area contributed by atoms with E-state index in [-0.39, 0.29) is 10.6 Å². The zero-order valence-electron chi connectivity index (χ0n) is 6.10. The second-order valence-corrected chi connectivity index (χ2v) is 2.77. The molecule has 0 unspecified atom stereocenters. The van der Waals surface area contributed by atoms with Crippen LogP contribution >= 0.6 is 23.2 Å². The highest BCUT2D eigenvalue weighted by Crippen LogP contribution is 2.10. The highest BCUT2D eigenvalue weighted by atomic mass is 35.5. The Morgan fingerprint density at radius 1 is 1.67 bits per heavy atom. The summed E-state index contributed by atoms with van der Waals surface area (Å²) in [5.74, 6) is 0.797. The molecule has 0 aromatic carbocycles. The molecular weight excluding hydrogens is 201 g/mol. The van der Waals surface area contributed by atoms with Crippen LogP contribution in [0.1, 0.15) is 0 Å². The van der Waals surface area contributed by atoms with Gasteiger partial charge in [-0.3, -0.25) is 4.79 Å². The first-order chi connectivity index (χ1) is 5.75. The molecule has 1 aromatic heterocycles. The molecule has 6 heteroatoms. The second-order valence-electron chi connectivity index (χ2n) is 2.01. The monoisotopic (exact) mass is 207 g/mol. The molecule has 0 fully saturated rings. The lowest BCUT2D eigenvalue weighted by Crippen LogP contribution is -2.12. The van der Waals surface area contributed by atoms with E-state index in [2.05, 4.69) is 15.3 Å². The number of nitrogens with one attached hydrogen (secondary N) is 2. The normalized spacial score (nSPS) is 9.83. The molecule has 0 atom stereocenters. The van der Waals surface area contributed by atoms with Gasteiger partial charge in [-0.05, 0) is 0 Å². The van der Waals surface area contributed by atoms with E-state index in [0.29, 0.717) is 18.2 Å². The zero-order valence-corrected chi connectivity index (χ0v) is 7.61. The van der Waals surface area contributed by atoms with E-state index in [0.717, 1.165) is 0 Å². The number of rotatable bonds is 3. The molecule has 1 heterocycles. The average molecular weight is 208 g/mol. The Hall–Kier alpha value is -0.740. The molecule has 1 aromatic rings. The Balaban J connectivity index is 2.85. The molecule has 0 saturated heterocycles. The van der Waals surface area contributed by atoms with Gasteiger partial charge in [0.15, 0.2) is 5.82 Å². The van der Waals surface area contributed by atoms with Crippen LogP contribution in [-0.4, -0.2) is 22.4 Å². The number of H-pyrrole nitrogens is 1. The van der Waals surface area contributed by atoms with Gasteiger partial charge in [-0.2, -0.15) is 0 Å². The molecule has 0 saturated carbocycles. The minimum absolute atomic E-state index is 0.0580. The largest absolute Gasteiger partial charge is 0.367 e. The molecule has 0 spiro atoms. The highest BCUT2D eigenvalue weighted by Gasteiger charge is 2.03. The SMILES string of the molecule is O=c1[nH]cnc(NCCCl)c1Cl. The van der Waals surface area contributed by atoms with Crippen molar-refractivity contribution in [2.24, 2.45) is 0 Å². The molecule has 2 N–H and O–H groups in total. The van der Waals surface area contributed by atoms with Crippen molar-refractivity contribution < 1.29 is 0 Å². The van der Waals surface area contributed by atoms with Gasteiger partial charge in [0, 0.05) is 12.4 Å². The highest BCUT2D eigenvalue weighted by molar-refractivity contribution is 6.32. The van der Waals surface area contributed by atoms with Crippen LogP contribution in [0, 0.1) is 0 Å². The molecule has 0 aliphatic carbocycles. The van der Waals surface area contributed by atoms with E-state index in [1.165, 1.54) is 6.33 Å².